The van der Waals surface area contributed by atoms with Gasteiger partial charge in [-0.15, -0.1) is 0 Å². The van der Waals surface area contributed by atoms with Gasteiger partial charge in [-0.25, -0.2) is 0 Å². The smallest absolute Gasteiger partial charge is 0.161 e. The molecule has 1 heterocycles. The number of nitrogens with zero attached hydrogens (tertiary/aromatic N) is 1. The van der Waals surface area contributed by atoms with Gasteiger partial charge in [-0.05, 0) is 36.8 Å². The van der Waals surface area contributed by atoms with E-state index in [1.807, 2.05) is 43.3 Å². The minimum Gasteiger partial charge on any atom is -0.497 e. The Bertz CT molecular complexity index is 1000. The minimum atomic E-state index is 0.0950. The topological polar surface area (TPSA) is 88.6 Å². The van der Waals surface area contributed by atoms with Gasteiger partial charge in [-0.2, -0.15) is 5.10 Å². The molecule has 0 spiro atoms. The number of aliphatic hydroxyl groups excluding tert-OH is 1. The Balaban J connectivity index is 1.62. The Labute approximate surface area is 169 Å². The molecule has 3 N–H and O–H groups in total. The zero-order valence-corrected chi connectivity index (χ0v) is 16.6. The summed E-state index contributed by atoms with van der Waals surface area (Å²) in [5.41, 5.74) is 5.15. The Morgan fingerprint density at radius 1 is 1.17 bits per heavy atom. The number of nitrogens with one attached hydrogen (secondary N) is 2. The molecule has 2 aromatic carbocycles. The van der Waals surface area contributed by atoms with E-state index >= 15 is 0 Å². The predicted octanol–water partition coefficient (Wildman–Crippen LogP) is 3.89. The molecule has 152 valence electrons. The van der Waals surface area contributed by atoms with Crippen LogP contribution in [0.1, 0.15) is 24.5 Å². The van der Waals surface area contributed by atoms with E-state index in [0.29, 0.717) is 25.4 Å². The summed E-state index contributed by atoms with van der Waals surface area (Å²) in [5.74, 6) is 3.06. The van der Waals surface area contributed by atoms with Crippen molar-refractivity contribution in [3.8, 4) is 28.5 Å². The first kappa shape index (κ1) is 19.1. The first-order valence-corrected chi connectivity index (χ1v) is 9.75. The van der Waals surface area contributed by atoms with Crippen LogP contribution in [0.15, 0.2) is 36.4 Å². The first-order valence-electron chi connectivity index (χ1n) is 9.75. The van der Waals surface area contributed by atoms with Crippen molar-refractivity contribution in [2.24, 2.45) is 0 Å². The van der Waals surface area contributed by atoms with Crippen LogP contribution in [0, 0.1) is 0 Å². The number of H-pyrrole nitrogens is 1. The van der Waals surface area contributed by atoms with Gasteiger partial charge in [0.05, 0.1) is 26.0 Å². The lowest BCUT2D eigenvalue weighted by atomic mass is 10.1. The van der Waals surface area contributed by atoms with Gasteiger partial charge < -0.3 is 24.6 Å². The van der Waals surface area contributed by atoms with Crippen molar-refractivity contribution in [3.05, 3.63) is 47.5 Å². The largest absolute Gasteiger partial charge is 0.497 e. The second-order valence-electron chi connectivity index (χ2n) is 6.77. The fraction of sp³-hybridized carbons (Fsp3) is 0.318. The highest BCUT2D eigenvalue weighted by atomic mass is 16.5. The summed E-state index contributed by atoms with van der Waals surface area (Å²) in [7, 11) is 1.65. The van der Waals surface area contributed by atoms with Crippen molar-refractivity contribution in [2.75, 3.05) is 32.2 Å². The van der Waals surface area contributed by atoms with Crippen LogP contribution in [0.3, 0.4) is 0 Å². The molecular weight excluding hydrogens is 370 g/mol. The van der Waals surface area contributed by atoms with Gasteiger partial charge in [0.2, 0.25) is 0 Å². The van der Waals surface area contributed by atoms with Gasteiger partial charge in [0, 0.05) is 42.3 Å². The number of anilines is 2. The summed E-state index contributed by atoms with van der Waals surface area (Å²) in [4.78, 5) is 0. The molecule has 0 unspecified atom stereocenters. The van der Waals surface area contributed by atoms with Crippen LogP contribution in [-0.4, -0.2) is 42.2 Å². The van der Waals surface area contributed by atoms with Crippen LogP contribution in [0.2, 0.25) is 0 Å². The van der Waals surface area contributed by atoms with E-state index in [1.54, 1.807) is 7.11 Å². The molecule has 0 aliphatic heterocycles. The third-order valence-electron chi connectivity index (χ3n) is 4.86. The molecular formula is C22H25N3O4. The van der Waals surface area contributed by atoms with Gasteiger partial charge in [0.1, 0.15) is 11.6 Å². The number of fused-ring (bicyclic) bond motifs is 3. The molecule has 1 aliphatic carbocycles. The molecule has 0 amide bonds. The van der Waals surface area contributed by atoms with E-state index < -0.39 is 0 Å². The minimum absolute atomic E-state index is 0.0950. The molecule has 1 aliphatic rings. The number of aromatic amines is 1. The number of aliphatic hydroxyl groups is 1. The van der Waals surface area contributed by atoms with Crippen LogP contribution in [-0.2, 0) is 6.42 Å². The monoisotopic (exact) mass is 395 g/mol. The third kappa shape index (κ3) is 3.86. The number of hydrogen-bond acceptors (Lipinski definition) is 6. The van der Waals surface area contributed by atoms with Crippen molar-refractivity contribution in [1.82, 2.24) is 10.2 Å². The van der Waals surface area contributed by atoms with Gasteiger partial charge in [0.15, 0.2) is 11.5 Å². The van der Waals surface area contributed by atoms with Crippen LogP contribution >= 0.6 is 0 Å². The highest BCUT2D eigenvalue weighted by Gasteiger charge is 2.27. The lowest BCUT2D eigenvalue weighted by Gasteiger charge is -2.14. The Kier molecular flexibility index (Phi) is 5.57. The van der Waals surface area contributed by atoms with Crippen molar-refractivity contribution in [3.63, 3.8) is 0 Å². The van der Waals surface area contributed by atoms with E-state index in [-0.39, 0.29) is 6.61 Å². The molecule has 3 aromatic rings. The van der Waals surface area contributed by atoms with E-state index in [4.69, 9.17) is 19.3 Å². The number of rotatable bonds is 9. The second kappa shape index (κ2) is 8.45. The average Bonchev–Trinajstić information content (AvgIpc) is 3.28. The van der Waals surface area contributed by atoms with Crippen molar-refractivity contribution >= 4 is 11.5 Å². The summed E-state index contributed by atoms with van der Waals surface area (Å²) in [6.07, 6.45) is 1.33. The first-order chi connectivity index (χ1) is 14.2. The molecule has 0 radical (unpaired) electrons. The second-order valence-corrected chi connectivity index (χ2v) is 6.77. The van der Waals surface area contributed by atoms with Crippen molar-refractivity contribution in [1.29, 1.82) is 0 Å². The zero-order valence-electron chi connectivity index (χ0n) is 16.6. The highest BCUT2D eigenvalue weighted by molar-refractivity contribution is 5.81. The number of hydrogen-bond donors (Lipinski definition) is 3. The lowest BCUT2D eigenvalue weighted by Crippen LogP contribution is -2.03. The van der Waals surface area contributed by atoms with Crippen LogP contribution in [0.25, 0.3) is 11.3 Å². The highest BCUT2D eigenvalue weighted by Crippen LogP contribution is 2.44. The van der Waals surface area contributed by atoms with Gasteiger partial charge >= 0.3 is 0 Å². The molecule has 7 nitrogen and oxygen atoms in total. The molecule has 7 heteroatoms. The zero-order chi connectivity index (χ0) is 20.2. The number of ether oxygens (including phenoxy) is 3. The van der Waals surface area contributed by atoms with Gasteiger partial charge in [-0.1, -0.05) is 6.07 Å². The molecule has 0 fully saturated rings. The fourth-order valence-corrected chi connectivity index (χ4v) is 3.50. The molecule has 0 bridgehead atoms. The van der Waals surface area contributed by atoms with E-state index in [1.165, 1.54) is 0 Å². The quantitative estimate of drug-likeness (QED) is 0.373. The molecule has 29 heavy (non-hydrogen) atoms. The molecule has 4 rings (SSSR count). The molecule has 0 saturated carbocycles. The molecule has 0 atom stereocenters. The Morgan fingerprint density at radius 3 is 2.83 bits per heavy atom. The Hall–Kier alpha value is -3.19. The lowest BCUT2D eigenvalue weighted by molar-refractivity contribution is 0.225. The van der Waals surface area contributed by atoms with E-state index in [9.17, 15) is 0 Å². The van der Waals surface area contributed by atoms with Gasteiger partial charge in [0.25, 0.3) is 0 Å². The normalized spacial score (nSPS) is 11.7. The summed E-state index contributed by atoms with van der Waals surface area (Å²) in [5, 5.41) is 20.1. The van der Waals surface area contributed by atoms with Crippen molar-refractivity contribution < 1.29 is 19.3 Å². The van der Waals surface area contributed by atoms with E-state index in [2.05, 4.69) is 15.5 Å². The molecule has 0 saturated heterocycles. The Morgan fingerprint density at radius 2 is 2.03 bits per heavy atom. The van der Waals surface area contributed by atoms with Crippen LogP contribution in [0.5, 0.6) is 17.2 Å². The SMILES string of the molecule is CCOc1cc2c(cc1OCCCO)-c1n[nH]c(Nc3cccc(OC)c3)c1C2. The maximum atomic E-state index is 9.02. The van der Waals surface area contributed by atoms with Gasteiger partial charge in [-0.3, -0.25) is 5.10 Å². The summed E-state index contributed by atoms with van der Waals surface area (Å²) in [6, 6.07) is 11.8. The number of aromatic nitrogens is 2. The number of benzene rings is 2. The molecule has 1 aromatic heterocycles. The summed E-state index contributed by atoms with van der Waals surface area (Å²) in [6.45, 7) is 3.04. The third-order valence-corrected chi connectivity index (χ3v) is 4.86. The maximum Gasteiger partial charge on any atom is 0.161 e. The predicted molar refractivity (Wildman–Crippen MR) is 111 cm³/mol. The maximum absolute atomic E-state index is 9.02. The summed E-state index contributed by atoms with van der Waals surface area (Å²) >= 11 is 0. The fourth-order valence-electron chi connectivity index (χ4n) is 3.50. The number of methoxy groups -OCH3 is 1. The van der Waals surface area contributed by atoms with Crippen molar-refractivity contribution in [2.45, 2.75) is 19.8 Å². The standard InChI is InChI=1S/C22H25N3O4/c1-3-28-19-11-14-10-18-21(17(14)13-20(19)29-9-5-8-26)24-25-22(18)23-15-6-4-7-16(12-15)27-2/h4,6-7,11-13,26H,3,5,8-10H2,1-2H3,(H2,23,24,25). The van der Waals surface area contributed by atoms with Crippen LogP contribution < -0.4 is 19.5 Å². The van der Waals surface area contributed by atoms with E-state index in [0.717, 1.165) is 51.8 Å². The summed E-state index contributed by atoms with van der Waals surface area (Å²) < 4.78 is 16.9. The van der Waals surface area contributed by atoms with Crippen LogP contribution in [0.4, 0.5) is 11.5 Å². The average molecular weight is 395 g/mol.